The number of nitrogens with two attached hydrogens (primary N) is 1. The van der Waals surface area contributed by atoms with Crippen molar-refractivity contribution in [2.45, 2.75) is 38.1 Å². The van der Waals surface area contributed by atoms with E-state index in [2.05, 4.69) is 19.1 Å². The number of ether oxygens (including phenoxy) is 1. The molecular weight excluding hydrogens is 280 g/mol. The summed E-state index contributed by atoms with van der Waals surface area (Å²) in [6, 6.07) is 7.68. The van der Waals surface area contributed by atoms with Crippen LogP contribution in [0.15, 0.2) is 24.3 Å². The van der Waals surface area contributed by atoms with E-state index >= 15 is 0 Å². The topological polar surface area (TPSA) is 72.6 Å². The Bertz CT molecular complexity index is 587. The van der Waals surface area contributed by atoms with Gasteiger partial charge < -0.3 is 15.4 Å². The number of carbonyl (C=O) groups excluding carboxylic acids is 2. The summed E-state index contributed by atoms with van der Waals surface area (Å²) in [5.74, 6) is 0.0960. The number of rotatable bonds is 4. The van der Waals surface area contributed by atoms with Gasteiger partial charge in [0.25, 0.3) is 0 Å². The summed E-state index contributed by atoms with van der Waals surface area (Å²) in [6.07, 6.45) is 2.62. The Morgan fingerprint density at radius 2 is 2.14 bits per heavy atom. The molecule has 1 aromatic rings. The van der Waals surface area contributed by atoms with E-state index in [1.54, 1.807) is 4.90 Å². The number of hydrogen-bond donors (Lipinski definition) is 1. The van der Waals surface area contributed by atoms with Gasteiger partial charge in [0, 0.05) is 6.54 Å². The van der Waals surface area contributed by atoms with Crippen LogP contribution in [0, 0.1) is 12.8 Å². The lowest BCUT2D eigenvalue weighted by molar-refractivity contribution is -0.146. The second kappa shape index (κ2) is 5.99. The largest absolute Gasteiger partial charge is 0.463 e. The number of aryl methyl sites for hydroxylation is 1. The standard InChI is InChI=1S/C17H22N2O3/c1-11-5-2-3-7-13(11)14-9-15(14)16(20)22-10-12-6-4-8-19(12)17(18)21/h2-3,5,7,12,14-15H,4,6,8-10H2,1H3,(H2,18,21)/t12-,14+,15-/m1/s1. The number of hydrogen-bond acceptors (Lipinski definition) is 3. The summed E-state index contributed by atoms with van der Waals surface area (Å²) in [5, 5.41) is 0. The Kier molecular flexibility index (Phi) is 4.05. The first-order valence-electron chi connectivity index (χ1n) is 7.86. The zero-order valence-corrected chi connectivity index (χ0v) is 12.8. The van der Waals surface area contributed by atoms with Gasteiger partial charge in [-0.15, -0.1) is 0 Å². The average molecular weight is 302 g/mol. The highest BCUT2D eigenvalue weighted by Gasteiger charge is 2.46. The SMILES string of the molecule is Cc1ccccc1[C@@H]1C[C@H]1C(=O)OC[C@H]1CCCN1C(N)=O. The molecule has 3 rings (SSSR count). The minimum absolute atomic E-state index is 0.0375. The first kappa shape index (κ1) is 14.9. The Labute approximate surface area is 130 Å². The fourth-order valence-corrected chi connectivity index (χ4v) is 3.39. The summed E-state index contributed by atoms with van der Waals surface area (Å²) >= 11 is 0. The summed E-state index contributed by atoms with van der Waals surface area (Å²) in [5.41, 5.74) is 7.79. The molecule has 1 heterocycles. The molecule has 22 heavy (non-hydrogen) atoms. The van der Waals surface area contributed by atoms with Gasteiger partial charge in [-0.2, -0.15) is 0 Å². The van der Waals surface area contributed by atoms with Gasteiger partial charge in [0.1, 0.15) is 6.61 Å². The molecule has 118 valence electrons. The van der Waals surface area contributed by atoms with E-state index in [0.717, 1.165) is 19.3 Å². The summed E-state index contributed by atoms with van der Waals surface area (Å²) in [4.78, 5) is 25.1. The molecule has 0 bridgehead atoms. The fourth-order valence-electron chi connectivity index (χ4n) is 3.39. The van der Waals surface area contributed by atoms with Gasteiger partial charge in [0.05, 0.1) is 12.0 Å². The van der Waals surface area contributed by atoms with Crippen LogP contribution < -0.4 is 5.73 Å². The second-order valence-electron chi connectivity index (χ2n) is 6.26. The molecule has 1 aromatic carbocycles. The van der Waals surface area contributed by atoms with Gasteiger partial charge >= 0.3 is 12.0 Å². The quantitative estimate of drug-likeness (QED) is 0.866. The van der Waals surface area contributed by atoms with Crippen molar-refractivity contribution in [3.63, 3.8) is 0 Å². The number of primary amides is 1. The maximum absolute atomic E-state index is 12.2. The van der Waals surface area contributed by atoms with Crippen LogP contribution in [0.1, 0.15) is 36.3 Å². The zero-order chi connectivity index (χ0) is 15.7. The Morgan fingerprint density at radius 3 is 2.86 bits per heavy atom. The first-order chi connectivity index (χ1) is 10.6. The third kappa shape index (κ3) is 2.93. The fraction of sp³-hybridized carbons (Fsp3) is 0.529. The van der Waals surface area contributed by atoms with Crippen molar-refractivity contribution < 1.29 is 14.3 Å². The first-order valence-corrected chi connectivity index (χ1v) is 7.86. The highest BCUT2D eigenvalue weighted by molar-refractivity contribution is 5.77. The number of nitrogens with zero attached hydrogens (tertiary/aromatic N) is 1. The van der Waals surface area contributed by atoms with Gasteiger partial charge in [0.15, 0.2) is 0 Å². The lowest BCUT2D eigenvalue weighted by Gasteiger charge is -2.22. The van der Waals surface area contributed by atoms with Crippen LogP contribution in [0.25, 0.3) is 0 Å². The van der Waals surface area contributed by atoms with Crippen molar-refractivity contribution >= 4 is 12.0 Å². The minimum Gasteiger partial charge on any atom is -0.463 e. The van der Waals surface area contributed by atoms with Crippen LogP contribution in [0.4, 0.5) is 4.79 Å². The average Bonchev–Trinajstić information content (AvgIpc) is 3.14. The summed E-state index contributed by atoms with van der Waals surface area (Å²) in [6.45, 7) is 2.99. The molecule has 1 aliphatic heterocycles. The van der Waals surface area contributed by atoms with Crippen molar-refractivity contribution in [1.29, 1.82) is 0 Å². The van der Waals surface area contributed by atoms with Crippen LogP contribution in [-0.2, 0) is 9.53 Å². The molecule has 5 nitrogen and oxygen atoms in total. The van der Waals surface area contributed by atoms with E-state index in [9.17, 15) is 9.59 Å². The maximum atomic E-state index is 12.2. The molecule has 1 saturated heterocycles. The van der Waals surface area contributed by atoms with Crippen molar-refractivity contribution in [2.75, 3.05) is 13.2 Å². The molecule has 0 radical (unpaired) electrons. The van der Waals surface area contributed by atoms with Gasteiger partial charge in [-0.1, -0.05) is 24.3 Å². The molecule has 0 spiro atoms. The predicted octanol–water partition coefficient (Wildman–Crippen LogP) is 2.18. The Hall–Kier alpha value is -2.04. The minimum atomic E-state index is -0.428. The van der Waals surface area contributed by atoms with Gasteiger partial charge in [-0.25, -0.2) is 4.79 Å². The van der Waals surface area contributed by atoms with Gasteiger partial charge in [-0.3, -0.25) is 4.79 Å². The zero-order valence-electron chi connectivity index (χ0n) is 12.8. The van der Waals surface area contributed by atoms with Crippen molar-refractivity contribution in [2.24, 2.45) is 11.7 Å². The lowest BCUT2D eigenvalue weighted by Crippen LogP contribution is -2.42. The summed E-state index contributed by atoms with van der Waals surface area (Å²) < 4.78 is 5.43. The van der Waals surface area contributed by atoms with Gasteiger partial charge in [-0.05, 0) is 43.2 Å². The normalized spacial score (nSPS) is 26.8. The van der Waals surface area contributed by atoms with Gasteiger partial charge in [0.2, 0.25) is 0 Å². The number of likely N-dealkylation sites (tertiary alicyclic amines) is 1. The smallest absolute Gasteiger partial charge is 0.315 e. The van der Waals surface area contributed by atoms with Crippen LogP contribution >= 0.6 is 0 Å². The number of amides is 2. The molecule has 2 aliphatic rings. The van der Waals surface area contributed by atoms with Crippen molar-refractivity contribution in [3.8, 4) is 0 Å². The van der Waals surface area contributed by atoms with Crippen LogP contribution in [0.2, 0.25) is 0 Å². The monoisotopic (exact) mass is 302 g/mol. The van der Waals surface area contributed by atoms with Crippen LogP contribution in [-0.4, -0.2) is 36.1 Å². The molecule has 0 aromatic heterocycles. The van der Waals surface area contributed by atoms with E-state index < -0.39 is 6.03 Å². The number of benzene rings is 1. The second-order valence-corrected chi connectivity index (χ2v) is 6.26. The van der Waals surface area contributed by atoms with E-state index in [1.165, 1.54) is 11.1 Å². The molecule has 0 unspecified atom stereocenters. The molecule has 2 amide bonds. The molecule has 2 N–H and O–H groups in total. The van der Waals surface area contributed by atoms with E-state index in [1.807, 2.05) is 12.1 Å². The molecule has 5 heteroatoms. The molecule has 3 atom stereocenters. The Morgan fingerprint density at radius 1 is 1.36 bits per heavy atom. The highest BCUT2D eigenvalue weighted by atomic mass is 16.5. The van der Waals surface area contributed by atoms with E-state index in [-0.39, 0.29) is 30.5 Å². The Balaban J connectivity index is 1.52. The number of urea groups is 1. The third-order valence-corrected chi connectivity index (χ3v) is 4.76. The molecular formula is C17H22N2O3. The lowest BCUT2D eigenvalue weighted by atomic mass is 10.0. The number of esters is 1. The van der Waals surface area contributed by atoms with Crippen LogP contribution in [0.3, 0.4) is 0 Å². The molecule has 1 saturated carbocycles. The van der Waals surface area contributed by atoms with Crippen molar-refractivity contribution in [3.05, 3.63) is 35.4 Å². The number of carbonyl (C=O) groups is 2. The maximum Gasteiger partial charge on any atom is 0.315 e. The van der Waals surface area contributed by atoms with E-state index in [4.69, 9.17) is 10.5 Å². The molecule has 1 aliphatic carbocycles. The highest BCUT2D eigenvalue weighted by Crippen LogP contribution is 2.49. The van der Waals surface area contributed by atoms with Crippen molar-refractivity contribution in [1.82, 2.24) is 4.90 Å². The van der Waals surface area contributed by atoms with E-state index in [0.29, 0.717) is 6.54 Å². The van der Waals surface area contributed by atoms with Crippen LogP contribution in [0.5, 0.6) is 0 Å². The predicted molar refractivity (Wildman–Crippen MR) is 82.3 cm³/mol. The third-order valence-electron chi connectivity index (χ3n) is 4.76. The summed E-state index contributed by atoms with van der Waals surface area (Å²) in [7, 11) is 0. The molecule has 2 fully saturated rings.